The van der Waals surface area contributed by atoms with Crippen molar-refractivity contribution in [3.05, 3.63) is 16.5 Å². The molecule has 0 saturated heterocycles. The zero-order valence-corrected chi connectivity index (χ0v) is 11.4. The molecule has 1 N–H and O–H groups in total. The summed E-state index contributed by atoms with van der Waals surface area (Å²) in [6.07, 6.45) is 0.917. The zero-order valence-electron chi connectivity index (χ0n) is 10.6. The summed E-state index contributed by atoms with van der Waals surface area (Å²) in [6, 6.07) is 2.33. The minimum Gasteiger partial charge on any atom is -0.296 e. The number of rotatable bonds is 3. The number of nitrogens with one attached hydrogen (secondary N) is 1. The summed E-state index contributed by atoms with van der Waals surface area (Å²) in [7, 11) is 1.93. The maximum Gasteiger partial charge on any atom is 0.195 e. The predicted molar refractivity (Wildman–Crippen MR) is 69.4 cm³/mol. The molecule has 17 heavy (non-hydrogen) atoms. The summed E-state index contributed by atoms with van der Waals surface area (Å²) in [5.41, 5.74) is 2.05. The minimum absolute atomic E-state index is 0.274. The van der Waals surface area contributed by atoms with Crippen LogP contribution in [-0.4, -0.2) is 24.5 Å². The van der Waals surface area contributed by atoms with E-state index in [4.69, 9.17) is 12.2 Å². The van der Waals surface area contributed by atoms with Gasteiger partial charge in [0.15, 0.2) is 10.6 Å². The fourth-order valence-electron chi connectivity index (χ4n) is 1.87. The largest absolute Gasteiger partial charge is 0.296 e. The van der Waals surface area contributed by atoms with E-state index < -0.39 is 0 Å². The summed E-state index contributed by atoms with van der Waals surface area (Å²) in [5, 5.41) is 11.6. The van der Waals surface area contributed by atoms with Crippen molar-refractivity contribution in [2.75, 3.05) is 0 Å². The van der Waals surface area contributed by atoms with Gasteiger partial charge in [0.2, 0.25) is 0 Å². The molecule has 0 bridgehead atoms. The number of aryl methyl sites for hydroxylation is 2. The van der Waals surface area contributed by atoms with Gasteiger partial charge in [-0.15, -0.1) is 0 Å². The molecule has 0 spiro atoms. The first-order valence-corrected chi connectivity index (χ1v) is 6.15. The topological polar surface area (TPSA) is 51.4 Å². The van der Waals surface area contributed by atoms with Crippen molar-refractivity contribution in [1.82, 2.24) is 24.5 Å². The van der Waals surface area contributed by atoms with Gasteiger partial charge in [-0.05, 0) is 38.6 Å². The molecule has 2 aromatic rings. The Labute approximate surface area is 105 Å². The van der Waals surface area contributed by atoms with Crippen molar-refractivity contribution in [2.45, 2.75) is 33.2 Å². The van der Waals surface area contributed by atoms with Crippen molar-refractivity contribution in [3.63, 3.8) is 0 Å². The minimum atomic E-state index is 0.274. The van der Waals surface area contributed by atoms with Crippen molar-refractivity contribution in [3.8, 4) is 11.5 Å². The molecule has 0 fully saturated rings. The second-order valence-corrected chi connectivity index (χ2v) is 4.70. The highest BCUT2D eigenvalue weighted by Crippen LogP contribution is 2.21. The van der Waals surface area contributed by atoms with Crippen molar-refractivity contribution in [1.29, 1.82) is 0 Å². The highest BCUT2D eigenvalue weighted by atomic mass is 32.1. The second-order valence-electron chi connectivity index (χ2n) is 4.31. The molecule has 92 valence electrons. The van der Waals surface area contributed by atoms with Crippen LogP contribution in [0.4, 0.5) is 0 Å². The molecule has 0 aliphatic rings. The van der Waals surface area contributed by atoms with Crippen LogP contribution in [0.2, 0.25) is 0 Å². The first kappa shape index (κ1) is 12.0. The van der Waals surface area contributed by atoms with Gasteiger partial charge in [-0.3, -0.25) is 14.3 Å². The maximum absolute atomic E-state index is 5.24. The molecular formula is C11H17N5S. The van der Waals surface area contributed by atoms with Crippen LogP contribution in [0.15, 0.2) is 6.07 Å². The van der Waals surface area contributed by atoms with Crippen molar-refractivity contribution >= 4 is 12.2 Å². The van der Waals surface area contributed by atoms with Gasteiger partial charge < -0.3 is 0 Å². The van der Waals surface area contributed by atoms with Gasteiger partial charge >= 0.3 is 0 Å². The predicted octanol–water partition coefficient (Wildman–Crippen LogP) is 2.48. The van der Waals surface area contributed by atoms with Gasteiger partial charge in [0, 0.05) is 13.1 Å². The van der Waals surface area contributed by atoms with Gasteiger partial charge in [0.1, 0.15) is 5.69 Å². The molecule has 0 atom stereocenters. The van der Waals surface area contributed by atoms with Crippen LogP contribution >= 0.6 is 12.2 Å². The molecule has 2 heterocycles. The standard InChI is InChI=1S/C11H17N5S/c1-5-8-6-9(15(4)14-8)10-12-13-11(17)16(10)7(2)3/h6-7H,5H2,1-4H3,(H,13,17). The molecule has 0 saturated carbocycles. The van der Waals surface area contributed by atoms with Crippen molar-refractivity contribution < 1.29 is 0 Å². The molecular weight excluding hydrogens is 234 g/mol. The molecule has 0 amide bonds. The van der Waals surface area contributed by atoms with E-state index in [2.05, 4.69) is 42.1 Å². The van der Waals surface area contributed by atoms with Crippen molar-refractivity contribution in [2.24, 2.45) is 7.05 Å². The lowest BCUT2D eigenvalue weighted by Gasteiger charge is -2.09. The smallest absolute Gasteiger partial charge is 0.195 e. The Kier molecular flexibility index (Phi) is 3.15. The van der Waals surface area contributed by atoms with Crippen LogP contribution in [-0.2, 0) is 13.5 Å². The molecule has 6 heteroatoms. The van der Waals surface area contributed by atoms with E-state index in [0.717, 1.165) is 23.6 Å². The fourth-order valence-corrected chi connectivity index (χ4v) is 2.22. The molecule has 2 aromatic heterocycles. The van der Waals surface area contributed by atoms with Gasteiger partial charge in [-0.2, -0.15) is 10.2 Å². The van der Waals surface area contributed by atoms with E-state index in [9.17, 15) is 0 Å². The Balaban J connectivity index is 2.60. The van der Waals surface area contributed by atoms with Crippen LogP contribution in [0, 0.1) is 4.77 Å². The first-order valence-electron chi connectivity index (χ1n) is 5.74. The fraction of sp³-hybridized carbons (Fsp3) is 0.545. The van der Waals surface area contributed by atoms with Gasteiger partial charge in [0.25, 0.3) is 0 Å². The number of hydrogen-bond donors (Lipinski definition) is 1. The lowest BCUT2D eigenvalue weighted by atomic mass is 10.3. The third-order valence-corrected chi connectivity index (χ3v) is 3.03. The summed E-state index contributed by atoms with van der Waals surface area (Å²) in [6.45, 7) is 6.27. The number of nitrogens with zero attached hydrogens (tertiary/aromatic N) is 4. The van der Waals surface area contributed by atoms with E-state index in [-0.39, 0.29) is 6.04 Å². The number of H-pyrrole nitrogens is 1. The molecule has 0 radical (unpaired) electrons. The van der Waals surface area contributed by atoms with E-state index in [0.29, 0.717) is 4.77 Å². The molecule has 0 unspecified atom stereocenters. The first-order chi connectivity index (χ1) is 8.04. The van der Waals surface area contributed by atoms with Gasteiger partial charge in [-0.1, -0.05) is 6.92 Å². The number of aromatic amines is 1. The average molecular weight is 251 g/mol. The average Bonchev–Trinajstić information content (AvgIpc) is 2.81. The van der Waals surface area contributed by atoms with Crippen LogP contribution in [0.1, 0.15) is 32.5 Å². The van der Waals surface area contributed by atoms with Crippen LogP contribution in [0.3, 0.4) is 0 Å². The van der Waals surface area contributed by atoms with E-state index in [1.54, 1.807) is 0 Å². The molecule has 0 aliphatic heterocycles. The third kappa shape index (κ3) is 2.04. The number of hydrogen-bond acceptors (Lipinski definition) is 3. The lowest BCUT2D eigenvalue weighted by molar-refractivity contribution is 0.592. The second kappa shape index (κ2) is 4.44. The Morgan fingerprint density at radius 2 is 2.18 bits per heavy atom. The summed E-state index contributed by atoms with van der Waals surface area (Å²) < 4.78 is 4.50. The molecule has 5 nitrogen and oxygen atoms in total. The van der Waals surface area contributed by atoms with Gasteiger partial charge in [0.05, 0.1) is 5.69 Å². The Morgan fingerprint density at radius 3 is 2.71 bits per heavy atom. The Bertz CT molecular complexity index is 575. The summed E-state index contributed by atoms with van der Waals surface area (Å²) >= 11 is 5.24. The lowest BCUT2D eigenvalue weighted by Crippen LogP contribution is -2.06. The zero-order chi connectivity index (χ0) is 12.6. The summed E-state index contributed by atoms with van der Waals surface area (Å²) in [5.74, 6) is 0.847. The van der Waals surface area contributed by atoms with Crippen LogP contribution in [0.5, 0.6) is 0 Å². The van der Waals surface area contributed by atoms with Crippen LogP contribution < -0.4 is 0 Å². The highest BCUT2D eigenvalue weighted by Gasteiger charge is 2.15. The summed E-state index contributed by atoms with van der Waals surface area (Å²) in [4.78, 5) is 0. The number of aromatic nitrogens is 5. The van der Waals surface area contributed by atoms with E-state index in [1.165, 1.54) is 0 Å². The van der Waals surface area contributed by atoms with Gasteiger partial charge in [-0.25, -0.2) is 0 Å². The Morgan fingerprint density at radius 1 is 1.47 bits per heavy atom. The molecule has 0 aliphatic carbocycles. The Hall–Kier alpha value is -1.43. The van der Waals surface area contributed by atoms with E-state index in [1.807, 2.05) is 16.3 Å². The molecule has 0 aromatic carbocycles. The molecule has 2 rings (SSSR count). The van der Waals surface area contributed by atoms with Crippen LogP contribution in [0.25, 0.3) is 11.5 Å². The normalized spacial score (nSPS) is 11.4. The maximum atomic E-state index is 5.24. The SMILES string of the molecule is CCc1cc(-c2n[nH]c(=S)n2C(C)C)n(C)n1. The monoisotopic (exact) mass is 251 g/mol. The van der Waals surface area contributed by atoms with E-state index >= 15 is 0 Å². The third-order valence-electron chi connectivity index (χ3n) is 2.74. The highest BCUT2D eigenvalue weighted by molar-refractivity contribution is 7.71. The quantitative estimate of drug-likeness (QED) is 0.853.